The van der Waals surface area contributed by atoms with Crippen LogP contribution in [0.1, 0.15) is 122 Å². The summed E-state index contributed by atoms with van der Waals surface area (Å²) in [5, 5.41) is 31.5. The molecule has 186 valence electrons. The Morgan fingerprint density at radius 2 is 1.16 bits per heavy atom. The minimum absolute atomic E-state index is 0.185. The van der Waals surface area contributed by atoms with Crippen molar-refractivity contribution in [1.29, 1.82) is 0 Å². The molecule has 0 bridgehead atoms. The summed E-state index contributed by atoms with van der Waals surface area (Å²) in [7, 11) is 0. The first-order valence-electron chi connectivity index (χ1n) is 12.5. The van der Waals surface area contributed by atoms with Crippen molar-refractivity contribution in [3.8, 4) is 0 Å². The fourth-order valence-electron chi connectivity index (χ4n) is 3.83. The molecule has 8 nitrogen and oxygen atoms in total. The first kappa shape index (κ1) is 30.2. The van der Waals surface area contributed by atoms with Gasteiger partial charge in [0.05, 0.1) is 4.92 Å². The van der Waals surface area contributed by atoms with Crippen molar-refractivity contribution in [2.75, 3.05) is 0 Å². The second kappa shape index (κ2) is 19.8. The lowest BCUT2D eigenvalue weighted by Gasteiger charge is -2.16. The van der Waals surface area contributed by atoms with E-state index in [0.717, 1.165) is 25.7 Å². The molecule has 0 aromatic carbocycles. The number of unbranched alkanes of at least 4 members (excludes halogenated alkanes) is 15. The molecule has 32 heavy (non-hydrogen) atoms. The Hall–Kier alpha value is -1.83. The van der Waals surface area contributed by atoms with Crippen molar-refractivity contribution in [1.82, 2.24) is 0 Å². The molecule has 0 saturated carbocycles. The van der Waals surface area contributed by atoms with Crippen molar-refractivity contribution in [3.05, 3.63) is 32.4 Å². The van der Waals surface area contributed by atoms with Crippen LogP contribution in [0.3, 0.4) is 0 Å². The van der Waals surface area contributed by atoms with Gasteiger partial charge in [-0.1, -0.05) is 96.1 Å². The van der Waals surface area contributed by atoms with E-state index < -0.39 is 21.6 Å². The second-order valence-corrected chi connectivity index (χ2v) is 8.75. The van der Waals surface area contributed by atoms with Crippen LogP contribution < -0.4 is 0 Å². The first-order valence-corrected chi connectivity index (χ1v) is 12.5. The highest BCUT2D eigenvalue weighted by Crippen LogP contribution is 2.20. The Labute approximate surface area is 193 Å². The van der Waals surface area contributed by atoms with Crippen molar-refractivity contribution < 1.29 is 19.7 Å². The van der Waals surface area contributed by atoms with Gasteiger partial charge in [0.2, 0.25) is 6.29 Å². The Balaban J connectivity index is 3.59. The summed E-state index contributed by atoms with van der Waals surface area (Å²) < 4.78 is 0. The number of carbonyl (C=O) groups excluding carboxylic acids is 1. The Morgan fingerprint density at radius 1 is 0.750 bits per heavy atom. The second-order valence-electron chi connectivity index (χ2n) is 8.75. The van der Waals surface area contributed by atoms with Crippen molar-refractivity contribution in [2.24, 2.45) is 0 Å². The van der Waals surface area contributed by atoms with E-state index >= 15 is 0 Å². The molecule has 0 aliphatic heterocycles. The van der Waals surface area contributed by atoms with Crippen LogP contribution >= 0.6 is 0 Å². The highest BCUT2D eigenvalue weighted by atomic mass is 16.7. The quantitative estimate of drug-likeness (QED) is 0.0474. The van der Waals surface area contributed by atoms with Gasteiger partial charge in [0.15, 0.2) is 0 Å². The topological polar surface area (TPSA) is 124 Å². The minimum atomic E-state index is -3.15. The molecule has 0 aliphatic rings. The molecule has 0 aromatic rings. The van der Waals surface area contributed by atoms with Gasteiger partial charge in [-0.25, -0.2) is 0 Å². The molecule has 0 heterocycles. The van der Waals surface area contributed by atoms with Gasteiger partial charge in [-0.15, -0.1) is 0 Å². The molecule has 0 saturated heterocycles. The van der Waals surface area contributed by atoms with E-state index in [9.17, 15) is 30.1 Å². The average Bonchev–Trinajstić information content (AvgIpc) is 2.77. The van der Waals surface area contributed by atoms with Gasteiger partial charge in [0.1, 0.15) is 0 Å². The third-order valence-corrected chi connectivity index (χ3v) is 5.95. The van der Waals surface area contributed by atoms with E-state index in [2.05, 4.69) is 19.1 Å². The zero-order valence-electron chi connectivity index (χ0n) is 19.9. The van der Waals surface area contributed by atoms with Crippen LogP contribution in [-0.4, -0.2) is 33.0 Å². The summed E-state index contributed by atoms with van der Waals surface area (Å²) in [6.45, 7) is 2.24. The lowest BCUT2D eigenvalue weighted by molar-refractivity contribution is -0.676. The van der Waals surface area contributed by atoms with E-state index in [0.29, 0.717) is 12.8 Å². The molecule has 0 aliphatic carbocycles. The largest absolute Gasteiger partial charge is 0.445 e. The Bertz CT molecular complexity index is 541. The van der Waals surface area contributed by atoms with Crippen LogP contribution in [0.4, 0.5) is 0 Å². The summed E-state index contributed by atoms with van der Waals surface area (Å²) in [5.74, 6) is 0. The zero-order valence-corrected chi connectivity index (χ0v) is 19.9. The van der Waals surface area contributed by atoms with E-state index in [1.54, 1.807) is 0 Å². The third-order valence-electron chi connectivity index (χ3n) is 5.95. The van der Waals surface area contributed by atoms with Gasteiger partial charge < -0.3 is 5.11 Å². The lowest BCUT2D eigenvalue weighted by Crippen LogP contribution is -2.54. The van der Waals surface area contributed by atoms with E-state index in [1.807, 2.05) is 0 Å². The van der Waals surface area contributed by atoms with Crippen molar-refractivity contribution >= 4 is 6.29 Å². The number of nitro groups is 2. The molecule has 2 unspecified atom stereocenters. The molecule has 0 rings (SSSR count). The Morgan fingerprint density at radius 3 is 1.53 bits per heavy atom. The van der Waals surface area contributed by atoms with Gasteiger partial charge in [-0.2, -0.15) is 0 Å². The molecule has 0 radical (unpaired) electrons. The van der Waals surface area contributed by atoms with Gasteiger partial charge in [0, 0.05) is 11.3 Å². The number of carbonyl (C=O) groups is 1. The summed E-state index contributed by atoms with van der Waals surface area (Å²) in [6.07, 6.45) is 23.5. The fourth-order valence-corrected chi connectivity index (χ4v) is 3.83. The van der Waals surface area contributed by atoms with Gasteiger partial charge in [0.25, 0.3) is 0 Å². The third kappa shape index (κ3) is 14.3. The molecular formula is C24H44N2O6. The molecule has 0 fully saturated rings. The maximum atomic E-state index is 11.0. The van der Waals surface area contributed by atoms with Crippen LogP contribution in [0.15, 0.2) is 12.2 Å². The molecule has 1 N–H and O–H groups in total. The standard InChI is InChI=1S/C24H44N2O6/c1-2-3-4-5-6-7-8-9-10-11-12-13-14-15-16-17-18-19-20-21-23(25(29)30)24(28,22-27)26(31)32/h9-10,22-23,28H,2-8,11-21H2,1H3. The maximum absolute atomic E-state index is 11.0. The average molecular weight is 457 g/mol. The number of hydrogen-bond acceptors (Lipinski definition) is 6. The molecule has 0 amide bonds. The number of hydrogen-bond donors (Lipinski definition) is 1. The summed E-state index contributed by atoms with van der Waals surface area (Å²) in [5.41, 5.74) is -3.15. The first-order chi connectivity index (χ1) is 15.4. The van der Waals surface area contributed by atoms with Crippen molar-refractivity contribution in [2.45, 2.75) is 134 Å². The van der Waals surface area contributed by atoms with E-state index in [-0.39, 0.29) is 12.7 Å². The van der Waals surface area contributed by atoms with Gasteiger partial charge in [-0.3, -0.25) is 25.0 Å². The molecule has 2 atom stereocenters. The highest BCUT2D eigenvalue weighted by molar-refractivity contribution is 5.60. The van der Waals surface area contributed by atoms with Crippen molar-refractivity contribution in [3.63, 3.8) is 0 Å². The Kier molecular flexibility index (Phi) is 18.7. The SMILES string of the molecule is CCCCCCCCC=CCCCCCCCCCCCC([N+](=O)[O-])C(O)(C=O)[N+](=O)[O-]. The summed E-state index contributed by atoms with van der Waals surface area (Å²) in [6, 6.07) is -1.91. The van der Waals surface area contributed by atoms with E-state index in [4.69, 9.17) is 0 Å². The van der Waals surface area contributed by atoms with Gasteiger partial charge in [-0.05, 0) is 32.1 Å². The van der Waals surface area contributed by atoms with Crippen LogP contribution in [0.2, 0.25) is 0 Å². The number of rotatable bonds is 23. The van der Waals surface area contributed by atoms with Crippen LogP contribution in [-0.2, 0) is 4.79 Å². The number of nitrogens with zero attached hydrogens (tertiary/aromatic N) is 2. The monoisotopic (exact) mass is 456 g/mol. The lowest BCUT2D eigenvalue weighted by atomic mass is 9.98. The number of aliphatic hydroxyl groups is 1. The molecule has 0 aromatic heterocycles. The van der Waals surface area contributed by atoms with Crippen LogP contribution in [0.25, 0.3) is 0 Å². The minimum Gasteiger partial charge on any atom is -0.319 e. The molecular weight excluding hydrogens is 412 g/mol. The number of aldehydes is 1. The maximum Gasteiger partial charge on any atom is 0.445 e. The van der Waals surface area contributed by atoms with Crippen LogP contribution in [0, 0.1) is 20.2 Å². The number of allylic oxidation sites excluding steroid dienone is 2. The van der Waals surface area contributed by atoms with Crippen LogP contribution in [0.5, 0.6) is 0 Å². The zero-order chi connectivity index (χ0) is 24.1. The fraction of sp³-hybridized carbons (Fsp3) is 0.875. The normalized spacial score (nSPS) is 14.3. The molecule has 0 spiro atoms. The molecule has 8 heteroatoms. The van der Waals surface area contributed by atoms with Gasteiger partial charge >= 0.3 is 11.8 Å². The highest BCUT2D eigenvalue weighted by Gasteiger charge is 2.57. The van der Waals surface area contributed by atoms with E-state index in [1.165, 1.54) is 70.6 Å². The smallest absolute Gasteiger partial charge is 0.319 e. The summed E-state index contributed by atoms with van der Waals surface area (Å²) in [4.78, 5) is 30.4. The predicted octanol–water partition coefficient (Wildman–Crippen LogP) is 6.39. The predicted molar refractivity (Wildman–Crippen MR) is 127 cm³/mol. The summed E-state index contributed by atoms with van der Waals surface area (Å²) >= 11 is 0.